The largest absolute Gasteiger partial charge is 0.385 e. The van der Waals surface area contributed by atoms with E-state index < -0.39 is 10.0 Å². The molecule has 0 aromatic carbocycles. The molecule has 3 N–H and O–H groups in total. The van der Waals surface area contributed by atoms with Crippen LogP contribution in [0.2, 0.25) is 0 Å². The number of thiophene rings is 1. The van der Waals surface area contributed by atoms with Crippen molar-refractivity contribution in [2.45, 2.75) is 55.0 Å². The van der Waals surface area contributed by atoms with E-state index in [4.69, 9.17) is 20.1 Å². The fraction of sp³-hybridized carbons (Fsp3) is 0.692. The van der Waals surface area contributed by atoms with Crippen LogP contribution in [0.1, 0.15) is 45.7 Å². The van der Waals surface area contributed by atoms with Gasteiger partial charge in [0.2, 0.25) is 6.41 Å². The van der Waals surface area contributed by atoms with Crippen LogP contribution in [0, 0.1) is 0 Å². The lowest BCUT2D eigenvalue weighted by Gasteiger charge is -2.32. The van der Waals surface area contributed by atoms with Crippen LogP contribution in [0.4, 0.5) is 0 Å². The summed E-state index contributed by atoms with van der Waals surface area (Å²) in [6, 6.07) is 1.76. The lowest BCUT2D eigenvalue weighted by Crippen LogP contribution is -2.43. The highest BCUT2D eigenvalue weighted by Gasteiger charge is 2.38. The third-order valence-corrected chi connectivity index (χ3v) is 9.05. The summed E-state index contributed by atoms with van der Waals surface area (Å²) in [5.41, 5.74) is 0.767. The molecular formula is C26H51N5O9S3. The predicted molar refractivity (Wildman–Crippen MR) is 170 cm³/mol. The number of allylic oxidation sites excluding steroid dienone is 1. The molecule has 0 spiro atoms. The second-order valence-corrected chi connectivity index (χ2v) is 13.6. The number of ether oxygens (including phenoxy) is 3. The van der Waals surface area contributed by atoms with Crippen LogP contribution < -0.4 is 11.2 Å². The molecule has 14 nitrogen and oxygen atoms in total. The summed E-state index contributed by atoms with van der Waals surface area (Å²) in [6.07, 6.45) is 3.69. The summed E-state index contributed by atoms with van der Waals surface area (Å²) in [4.78, 5) is 27.4. The molecule has 1 atom stereocenters. The highest BCUT2D eigenvalue weighted by Crippen LogP contribution is 2.42. The van der Waals surface area contributed by atoms with Crippen LogP contribution in [-0.4, -0.2) is 116 Å². The van der Waals surface area contributed by atoms with Gasteiger partial charge in [-0.05, 0) is 60.0 Å². The summed E-state index contributed by atoms with van der Waals surface area (Å²) in [7, 11) is 8.83. The molecule has 1 aliphatic rings. The molecule has 1 aromatic rings. The second kappa shape index (κ2) is 24.8. The minimum absolute atomic E-state index is 0.0505. The van der Waals surface area contributed by atoms with E-state index in [9.17, 15) is 18.0 Å². The van der Waals surface area contributed by atoms with E-state index in [1.54, 1.807) is 33.6 Å². The van der Waals surface area contributed by atoms with Gasteiger partial charge in [0.05, 0.1) is 16.3 Å². The third kappa shape index (κ3) is 19.5. The van der Waals surface area contributed by atoms with E-state index in [1.165, 1.54) is 31.2 Å². The zero-order chi connectivity index (χ0) is 33.6. The average molecular weight is 674 g/mol. The molecule has 2 heterocycles. The van der Waals surface area contributed by atoms with Gasteiger partial charge in [-0.1, -0.05) is 6.92 Å². The molecule has 43 heavy (non-hydrogen) atoms. The topological polar surface area (TPSA) is 162 Å². The van der Waals surface area contributed by atoms with Crippen LogP contribution in [-0.2, 0) is 43.1 Å². The number of carbonyl (C=O) groups excluding carboxylic acids is 2. The molecule has 0 unspecified atom stereocenters. The SMILES string of the molecule is CC(=O)/C=C/N(C)C.CC(C)=O.CCN[C@H]1CN(CCCOC)S(=O)(=O)c2sc(SOON)cc21.COC(OC)N(C)C. The van der Waals surface area contributed by atoms with Gasteiger partial charge >= 0.3 is 0 Å². The maximum Gasteiger partial charge on any atom is 0.252 e. The van der Waals surface area contributed by atoms with E-state index in [-0.39, 0.29) is 24.0 Å². The monoisotopic (exact) mass is 673 g/mol. The Morgan fingerprint density at radius 3 is 2.14 bits per heavy atom. The lowest BCUT2D eigenvalue weighted by atomic mass is 10.1. The van der Waals surface area contributed by atoms with Crippen molar-refractivity contribution in [1.29, 1.82) is 0 Å². The first kappa shape index (κ1) is 43.6. The second-order valence-electron chi connectivity index (χ2n) is 9.42. The fourth-order valence-corrected chi connectivity index (χ4v) is 7.26. The number of sulfonamides is 1. The molecule has 0 amide bonds. The van der Waals surface area contributed by atoms with Crippen molar-refractivity contribution in [1.82, 2.24) is 19.4 Å². The predicted octanol–water partition coefficient (Wildman–Crippen LogP) is 2.64. The first-order valence-electron chi connectivity index (χ1n) is 13.2. The number of fused-ring (bicyclic) bond motifs is 1. The maximum atomic E-state index is 12.8. The van der Waals surface area contributed by atoms with E-state index in [0.29, 0.717) is 34.5 Å². The first-order valence-corrected chi connectivity index (χ1v) is 16.2. The van der Waals surface area contributed by atoms with Crippen LogP contribution >= 0.6 is 23.4 Å². The number of nitrogens with one attached hydrogen (secondary N) is 1. The van der Waals surface area contributed by atoms with Gasteiger partial charge in [-0.15, -0.1) is 20.7 Å². The van der Waals surface area contributed by atoms with Crippen molar-refractivity contribution in [3.05, 3.63) is 23.9 Å². The average Bonchev–Trinajstić information content (AvgIpc) is 3.36. The zero-order valence-corrected chi connectivity index (χ0v) is 29.7. The van der Waals surface area contributed by atoms with Gasteiger partial charge in [-0.25, -0.2) is 8.42 Å². The van der Waals surface area contributed by atoms with Crippen molar-refractivity contribution in [3.63, 3.8) is 0 Å². The Morgan fingerprint density at radius 1 is 1.19 bits per heavy atom. The molecule has 0 fully saturated rings. The maximum absolute atomic E-state index is 12.8. The minimum Gasteiger partial charge on any atom is -0.385 e. The number of Topliss-reactive ketones (excluding diaryl/α,β-unsaturated/α-hetero) is 1. The van der Waals surface area contributed by atoms with Crippen molar-refractivity contribution in [2.75, 3.05) is 75.8 Å². The first-order chi connectivity index (χ1) is 20.1. The van der Waals surface area contributed by atoms with Gasteiger partial charge in [0.15, 0.2) is 5.78 Å². The molecule has 0 radical (unpaired) electrons. The molecule has 1 aromatic heterocycles. The number of rotatable bonds is 14. The van der Waals surface area contributed by atoms with Gasteiger partial charge in [0, 0.05) is 72.9 Å². The summed E-state index contributed by atoms with van der Waals surface area (Å²) >= 11 is 2.05. The van der Waals surface area contributed by atoms with Gasteiger partial charge in [-0.2, -0.15) is 10.2 Å². The fourth-order valence-electron chi connectivity index (χ4n) is 3.21. The van der Waals surface area contributed by atoms with Gasteiger partial charge in [-0.3, -0.25) is 9.69 Å². The summed E-state index contributed by atoms with van der Waals surface area (Å²) in [5.74, 6) is 5.08. The Bertz CT molecular complexity index is 1030. The Kier molecular flexibility index (Phi) is 25.2. The van der Waals surface area contributed by atoms with Crippen molar-refractivity contribution < 1.29 is 41.5 Å². The van der Waals surface area contributed by atoms with Crippen molar-refractivity contribution in [3.8, 4) is 0 Å². The molecule has 0 aliphatic carbocycles. The number of nitrogens with zero attached hydrogens (tertiary/aromatic N) is 3. The molecule has 2 rings (SSSR count). The number of likely N-dealkylation sites (N-methyl/N-ethyl adjacent to an activating group) is 1. The van der Waals surface area contributed by atoms with Gasteiger partial charge < -0.3 is 29.2 Å². The molecular weight excluding hydrogens is 623 g/mol. The number of nitrogens with two attached hydrogens (primary N) is 1. The number of carbonyl (C=O) groups is 2. The number of methoxy groups -OCH3 is 3. The molecule has 0 bridgehead atoms. The molecule has 0 saturated heterocycles. The smallest absolute Gasteiger partial charge is 0.252 e. The number of hydrogen-bond acceptors (Lipinski definition) is 15. The van der Waals surface area contributed by atoms with Crippen molar-refractivity contribution in [2.24, 2.45) is 5.90 Å². The van der Waals surface area contributed by atoms with Crippen LogP contribution in [0.5, 0.6) is 0 Å². The standard InChI is InChI=1S/C12H21N3O5S3.C6H11NO.C5H13NO2.C3H6O/c1-3-14-10-8-15(5-4-6-18-2)23(16,17)12-9(10)7-11(21-12)22-20-19-13;1-6(8)4-5-7(2)3;1-6(2)5(7-3)8-4;1-3(2)4/h7,10,14H,3-6,8,13H2,1-2H3;4-5H,1-3H3;5H,1-4H3;1-2H3/b;5-4+;;/t10-;;;/m0.../s1. The van der Waals surface area contributed by atoms with E-state index in [2.05, 4.69) is 14.6 Å². The van der Waals surface area contributed by atoms with Gasteiger partial charge in [0.25, 0.3) is 10.0 Å². The summed E-state index contributed by atoms with van der Waals surface area (Å²) in [6.45, 7) is 8.68. The lowest BCUT2D eigenvalue weighted by molar-refractivity contribution is -0.195. The Morgan fingerprint density at radius 2 is 1.77 bits per heavy atom. The van der Waals surface area contributed by atoms with Crippen LogP contribution in [0.15, 0.2) is 26.8 Å². The number of hydrogen-bond donors (Lipinski definition) is 2. The van der Waals surface area contributed by atoms with Gasteiger partial charge in [0.1, 0.15) is 9.99 Å². The van der Waals surface area contributed by atoms with Crippen LogP contribution in [0.3, 0.4) is 0 Å². The normalized spacial score (nSPS) is 15.5. The minimum atomic E-state index is -3.50. The van der Waals surface area contributed by atoms with Crippen molar-refractivity contribution >= 4 is 45.0 Å². The Hall–Kier alpha value is -1.48. The molecule has 0 saturated carbocycles. The quantitative estimate of drug-likeness (QED) is 0.0740. The van der Waals surface area contributed by atoms with E-state index in [0.717, 1.165) is 35.5 Å². The number of ketones is 2. The summed E-state index contributed by atoms with van der Waals surface area (Å²) < 4.78 is 47.5. The molecule has 17 heteroatoms. The molecule has 252 valence electrons. The highest BCUT2D eigenvalue weighted by molar-refractivity contribution is 7.97. The Balaban J connectivity index is 0. The highest BCUT2D eigenvalue weighted by atomic mass is 32.3. The van der Waals surface area contributed by atoms with E-state index in [1.807, 2.05) is 44.9 Å². The summed E-state index contributed by atoms with van der Waals surface area (Å²) in [5, 5.41) is 3.33. The van der Waals surface area contributed by atoms with E-state index >= 15 is 0 Å². The van der Waals surface area contributed by atoms with Crippen LogP contribution in [0.25, 0.3) is 0 Å². The zero-order valence-electron chi connectivity index (χ0n) is 27.2. The third-order valence-electron chi connectivity index (χ3n) is 4.83. The Labute approximate surface area is 265 Å². The molecule has 1 aliphatic heterocycles.